The van der Waals surface area contributed by atoms with E-state index in [1.807, 2.05) is 0 Å². The van der Waals surface area contributed by atoms with Crippen molar-refractivity contribution in [3.05, 3.63) is 29.8 Å². The first kappa shape index (κ1) is 15.9. The fourth-order valence-electron chi connectivity index (χ4n) is 1.42. The smallest absolute Gasteiger partial charge is 0.319 e. The van der Waals surface area contributed by atoms with Crippen LogP contribution >= 0.6 is 0 Å². The molecule has 1 aromatic carbocycles. The number of carbonyl (C=O) groups excluding carboxylic acids is 2. The van der Waals surface area contributed by atoms with Gasteiger partial charge in [-0.3, -0.25) is 4.79 Å². The largest absolute Gasteiger partial charge is 0.466 e. The van der Waals surface area contributed by atoms with Crippen LogP contribution in [0.5, 0.6) is 0 Å². The van der Waals surface area contributed by atoms with Crippen molar-refractivity contribution >= 4 is 17.7 Å². The van der Waals surface area contributed by atoms with Crippen LogP contribution < -0.4 is 10.6 Å². The second-order valence-electron chi connectivity index (χ2n) is 3.92. The van der Waals surface area contributed by atoms with E-state index in [2.05, 4.69) is 10.6 Å². The van der Waals surface area contributed by atoms with E-state index in [1.54, 1.807) is 6.92 Å². The van der Waals surface area contributed by atoms with E-state index in [1.165, 1.54) is 6.07 Å². The van der Waals surface area contributed by atoms with Gasteiger partial charge in [0.25, 0.3) is 0 Å². The van der Waals surface area contributed by atoms with Crippen LogP contribution in [0.1, 0.15) is 19.8 Å². The number of carbonyl (C=O) groups is 2. The predicted molar refractivity (Wildman–Crippen MR) is 69.2 cm³/mol. The lowest BCUT2D eigenvalue weighted by Crippen LogP contribution is -2.29. The first-order chi connectivity index (χ1) is 9.52. The molecular formula is C13H16F2N2O3. The average Bonchev–Trinajstić information content (AvgIpc) is 2.39. The summed E-state index contributed by atoms with van der Waals surface area (Å²) in [5, 5.41) is 4.84. The Morgan fingerprint density at radius 3 is 2.65 bits per heavy atom. The fraction of sp³-hybridized carbons (Fsp3) is 0.385. The van der Waals surface area contributed by atoms with Crippen molar-refractivity contribution in [2.75, 3.05) is 18.5 Å². The van der Waals surface area contributed by atoms with Gasteiger partial charge >= 0.3 is 12.0 Å². The first-order valence-electron chi connectivity index (χ1n) is 6.18. The summed E-state index contributed by atoms with van der Waals surface area (Å²) in [4.78, 5) is 22.4. The van der Waals surface area contributed by atoms with E-state index >= 15 is 0 Å². The standard InChI is InChI=1S/C13H16F2N2O3/c1-2-20-12(18)4-3-7-16-13(19)17-9-5-6-10(14)11(15)8-9/h5-6,8H,2-4,7H2,1H3,(H2,16,17,19). The van der Waals surface area contributed by atoms with E-state index in [-0.39, 0.29) is 24.6 Å². The van der Waals surface area contributed by atoms with Gasteiger partial charge in [0.1, 0.15) is 0 Å². The van der Waals surface area contributed by atoms with E-state index in [4.69, 9.17) is 4.74 Å². The summed E-state index contributed by atoms with van der Waals surface area (Å²) < 4.78 is 30.3. The highest BCUT2D eigenvalue weighted by Gasteiger charge is 2.06. The topological polar surface area (TPSA) is 67.4 Å². The van der Waals surface area contributed by atoms with E-state index in [0.717, 1.165) is 12.1 Å². The molecule has 110 valence electrons. The van der Waals surface area contributed by atoms with Crippen LogP contribution in [0.25, 0.3) is 0 Å². The molecule has 1 rings (SSSR count). The third kappa shape index (κ3) is 5.64. The number of urea groups is 1. The quantitative estimate of drug-likeness (QED) is 0.623. The normalized spacial score (nSPS) is 9.95. The minimum atomic E-state index is -1.04. The number of benzene rings is 1. The zero-order valence-corrected chi connectivity index (χ0v) is 11.0. The molecule has 0 fully saturated rings. The number of anilines is 1. The number of esters is 1. The highest BCUT2D eigenvalue weighted by molar-refractivity contribution is 5.89. The molecule has 2 N–H and O–H groups in total. The van der Waals surface area contributed by atoms with Gasteiger partial charge < -0.3 is 15.4 Å². The predicted octanol–water partition coefficient (Wildman–Crippen LogP) is 2.43. The van der Waals surface area contributed by atoms with Crippen molar-refractivity contribution in [1.29, 1.82) is 0 Å². The lowest BCUT2D eigenvalue weighted by molar-refractivity contribution is -0.143. The van der Waals surface area contributed by atoms with Gasteiger partial charge in [-0.2, -0.15) is 0 Å². The Balaban J connectivity index is 2.26. The second-order valence-corrected chi connectivity index (χ2v) is 3.92. The highest BCUT2D eigenvalue weighted by Crippen LogP contribution is 2.12. The summed E-state index contributed by atoms with van der Waals surface area (Å²) in [5.74, 6) is -2.34. The molecule has 5 nitrogen and oxygen atoms in total. The van der Waals surface area contributed by atoms with Crippen molar-refractivity contribution in [2.45, 2.75) is 19.8 Å². The van der Waals surface area contributed by atoms with Crippen LogP contribution in [0.4, 0.5) is 19.3 Å². The SMILES string of the molecule is CCOC(=O)CCCNC(=O)Nc1ccc(F)c(F)c1. The Hall–Kier alpha value is -2.18. The second kappa shape index (κ2) is 8.08. The number of halogens is 2. The number of amides is 2. The summed E-state index contributed by atoms with van der Waals surface area (Å²) >= 11 is 0. The Bertz CT molecular complexity index is 481. The maximum atomic E-state index is 12.9. The number of rotatable bonds is 6. The van der Waals surface area contributed by atoms with Crippen molar-refractivity contribution in [2.24, 2.45) is 0 Å². The summed E-state index contributed by atoms with van der Waals surface area (Å²) in [6.45, 7) is 2.31. The van der Waals surface area contributed by atoms with Crippen LogP contribution in [0.2, 0.25) is 0 Å². The van der Waals surface area contributed by atoms with Gasteiger partial charge in [0.15, 0.2) is 11.6 Å². The molecule has 0 aromatic heterocycles. The number of nitrogens with one attached hydrogen (secondary N) is 2. The molecule has 0 aliphatic heterocycles. The van der Waals surface area contributed by atoms with Crippen molar-refractivity contribution in [3.63, 3.8) is 0 Å². The summed E-state index contributed by atoms with van der Waals surface area (Å²) in [5.41, 5.74) is 0.145. The molecule has 0 saturated carbocycles. The monoisotopic (exact) mass is 286 g/mol. The molecule has 2 amide bonds. The third-order valence-corrected chi connectivity index (χ3v) is 2.33. The molecule has 0 aliphatic rings. The van der Waals surface area contributed by atoms with Gasteiger partial charge in [0.05, 0.1) is 6.61 Å². The van der Waals surface area contributed by atoms with Crippen molar-refractivity contribution < 1.29 is 23.1 Å². The molecule has 0 heterocycles. The van der Waals surface area contributed by atoms with Crippen molar-refractivity contribution in [1.82, 2.24) is 5.32 Å². The Kier molecular flexibility index (Phi) is 6.42. The van der Waals surface area contributed by atoms with E-state index in [9.17, 15) is 18.4 Å². The van der Waals surface area contributed by atoms with Gasteiger partial charge in [0, 0.05) is 24.7 Å². The summed E-state index contributed by atoms with van der Waals surface area (Å²) in [6.07, 6.45) is 0.642. The van der Waals surface area contributed by atoms with Gasteiger partial charge in [-0.15, -0.1) is 0 Å². The van der Waals surface area contributed by atoms with Gasteiger partial charge in [-0.25, -0.2) is 13.6 Å². The van der Waals surface area contributed by atoms with E-state index in [0.29, 0.717) is 13.0 Å². The van der Waals surface area contributed by atoms with Crippen LogP contribution in [0, 0.1) is 11.6 Å². The molecule has 20 heavy (non-hydrogen) atoms. The minimum Gasteiger partial charge on any atom is -0.466 e. The van der Waals surface area contributed by atoms with Crippen LogP contribution in [0.3, 0.4) is 0 Å². The maximum Gasteiger partial charge on any atom is 0.319 e. The lowest BCUT2D eigenvalue weighted by atomic mass is 10.3. The highest BCUT2D eigenvalue weighted by atomic mass is 19.2. The Morgan fingerprint density at radius 2 is 2.00 bits per heavy atom. The van der Waals surface area contributed by atoms with Crippen LogP contribution in [0.15, 0.2) is 18.2 Å². The third-order valence-electron chi connectivity index (χ3n) is 2.33. The molecule has 1 aromatic rings. The van der Waals surface area contributed by atoms with Gasteiger partial charge in [-0.05, 0) is 25.5 Å². The molecule has 0 atom stereocenters. The van der Waals surface area contributed by atoms with Crippen LogP contribution in [-0.4, -0.2) is 25.2 Å². The minimum absolute atomic E-state index is 0.145. The zero-order chi connectivity index (χ0) is 15.0. The lowest BCUT2D eigenvalue weighted by Gasteiger charge is -2.07. The molecule has 0 unspecified atom stereocenters. The summed E-state index contributed by atoms with van der Waals surface area (Å²) in [7, 11) is 0. The molecule has 0 bridgehead atoms. The van der Waals surface area contributed by atoms with Gasteiger partial charge in [-0.1, -0.05) is 0 Å². The fourth-order valence-corrected chi connectivity index (χ4v) is 1.42. The summed E-state index contributed by atoms with van der Waals surface area (Å²) in [6, 6.07) is 2.50. The number of hydrogen-bond donors (Lipinski definition) is 2. The molecular weight excluding hydrogens is 270 g/mol. The van der Waals surface area contributed by atoms with Gasteiger partial charge in [0.2, 0.25) is 0 Å². The van der Waals surface area contributed by atoms with Crippen LogP contribution in [-0.2, 0) is 9.53 Å². The van der Waals surface area contributed by atoms with E-state index < -0.39 is 17.7 Å². The first-order valence-corrected chi connectivity index (χ1v) is 6.18. The molecule has 0 aliphatic carbocycles. The molecule has 0 radical (unpaired) electrons. The zero-order valence-electron chi connectivity index (χ0n) is 11.0. The Morgan fingerprint density at radius 1 is 1.25 bits per heavy atom. The number of ether oxygens (including phenoxy) is 1. The Labute approximate surface area is 115 Å². The molecule has 7 heteroatoms. The maximum absolute atomic E-state index is 12.9. The number of hydrogen-bond acceptors (Lipinski definition) is 3. The van der Waals surface area contributed by atoms with Crippen molar-refractivity contribution in [3.8, 4) is 0 Å². The molecule has 0 saturated heterocycles. The average molecular weight is 286 g/mol. The molecule has 0 spiro atoms.